The number of hydrogen-bond acceptors (Lipinski definition) is 5. The van der Waals surface area contributed by atoms with E-state index in [1.54, 1.807) is 11.8 Å². The molecule has 1 heterocycles. The van der Waals surface area contributed by atoms with E-state index in [-0.39, 0.29) is 19.2 Å². The topological polar surface area (TPSA) is 59.1 Å². The van der Waals surface area contributed by atoms with Gasteiger partial charge in [-0.2, -0.15) is 0 Å². The van der Waals surface area contributed by atoms with E-state index in [1.807, 2.05) is 6.07 Å². The Bertz CT molecular complexity index is 525. The number of piperazine rings is 1. The molecule has 120 valence electrons. The van der Waals surface area contributed by atoms with Crippen molar-refractivity contribution in [3.63, 3.8) is 0 Å². The first-order valence-electron chi connectivity index (χ1n) is 7.49. The van der Waals surface area contributed by atoms with E-state index in [2.05, 4.69) is 30.0 Å². The van der Waals surface area contributed by atoms with Gasteiger partial charge in [-0.15, -0.1) is 0 Å². The quantitative estimate of drug-likeness (QED) is 0.630. The summed E-state index contributed by atoms with van der Waals surface area (Å²) >= 11 is 0. The van der Waals surface area contributed by atoms with Crippen LogP contribution in [0.3, 0.4) is 0 Å². The molecule has 0 atom stereocenters. The second-order valence-corrected chi connectivity index (χ2v) is 5.21. The monoisotopic (exact) mass is 306 g/mol. The van der Waals surface area contributed by atoms with Gasteiger partial charge in [0.1, 0.15) is 0 Å². The molecule has 1 fully saturated rings. The molecule has 0 spiro atoms. The lowest BCUT2D eigenvalue weighted by atomic mass is 10.2. The van der Waals surface area contributed by atoms with Crippen molar-refractivity contribution in [1.29, 1.82) is 0 Å². The Kier molecular flexibility index (Phi) is 5.63. The van der Waals surface area contributed by atoms with Gasteiger partial charge in [-0.25, -0.2) is 4.79 Å². The van der Waals surface area contributed by atoms with Gasteiger partial charge in [0, 0.05) is 38.3 Å². The highest BCUT2D eigenvalue weighted by Gasteiger charge is 2.22. The molecule has 0 aliphatic carbocycles. The molecule has 0 radical (unpaired) electrons. The van der Waals surface area contributed by atoms with Gasteiger partial charge in [-0.3, -0.25) is 4.79 Å². The third-order valence-corrected chi connectivity index (χ3v) is 3.60. The van der Waals surface area contributed by atoms with Crippen LogP contribution in [0, 0.1) is 6.92 Å². The van der Waals surface area contributed by atoms with Gasteiger partial charge in [0.05, 0.1) is 0 Å². The molecule has 22 heavy (non-hydrogen) atoms. The predicted octanol–water partition coefficient (Wildman–Crippen LogP) is 2.16. The number of nitrogens with zero attached hydrogens (tertiary/aromatic N) is 2. The number of rotatable bonds is 4. The molecule has 2 rings (SSSR count). The molecule has 0 aromatic heterocycles. The summed E-state index contributed by atoms with van der Waals surface area (Å²) in [4.78, 5) is 26.7. The van der Waals surface area contributed by atoms with Crippen LogP contribution in [0.1, 0.15) is 18.9 Å². The Morgan fingerprint density at radius 3 is 2.50 bits per heavy atom. The largest absolute Gasteiger partial charge is 0.428 e. The second kappa shape index (κ2) is 7.68. The van der Waals surface area contributed by atoms with Crippen LogP contribution in [-0.2, 0) is 14.3 Å². The number of aryl methyl sites for hydroxylation is 1. The third kappa shape index (κ3) is 4.38. The van der Waals surface area contributed by atoms with E-state index in [9.17, 15) is 9.59 Å². The fourth-order valence-electron chi connectivity index (χ4n) is 2.31. The summed E-state index contributed by atoms with van der Waals surface area (Å²) in [7, 11) is 0. The van der Waals surface area contributed by atoms with Gasteiger partial charge in [-0.05, 0) is 24.6 Å². The van der Waals surface area contributed by atoms with Crippen LogP contribution in [0.15, 0.2) is 24.3 Å². The minimum Gasteiger partial charge on any atom is -0.428 e. The minimum absolute atomic E-state index is 0.271. The average molecular weight is 306 g/mol. The van der Waals surface area contributed by atoms with Crippen LogP contribution in [0.2, 0.25) is 0 Å². The molecule has 1 amide bonds. The van der Waals surface area contributed by atoms with E-state index in [4.69, 9.17) is 9.47 Å². The molecule has 1 aromatic rings. The zero-order valence-corrected chi connectivity index (χ0v) is 13.1. The maximum Gasteiger partial charge on any atom is 0.412 e. The van der Waals surface area contributed by atoms with E-state index in [1.165, 1.54) is 11.3 Å². The number of anilines is 1. The summed E-state index contributed by atoms with van der Waals surface area (Å²) in [5, 5.41) is 0. The maximum atomic E-state index is 11.9. The molecule has 1 saturated heterocycles. The first-order chi connectivity index (χ1) is 10.6. The second-order valence-electron chi connectivity index (χ2n) is 5.21. The van der Waals surface area contributed by atoms with Crippen LogP contribution in [0.25, 0.3) is 0 Å². The number of benzene rings is 1. The summed E-state index contributed by atoms with van der Waals surface area (Å²) in [5.74, 6) is -0.378. The van der Waals surface area contributed by atoms with Crippen molar-refractivity contribution in [3.05, 3.63) is 29.8 Å². The van der Waals surface area contributed by atoms with E-state index in [0.29, 0.717) is 13.1 Å². The highest BCUT2D eigenvalue weighted by molar-refractivity contribution is 5.70. The van der Waals surface area contributed by atoms with E-state index >= 15 is 0 Å². The lowest BCUT2D eigenvalue weighted by molar-refractivity contribution is -0.152. The fourth-order valence-corrected chi connectivity index (χ4v) is 2.31. The third-order valence-electron chi connectivity index (χ3n) is 3.60. The van der Waals surface area contributed by atoms with Gasteiger partial charge in [0.25, 0.3) is 0 Å². The summed E-state index contributed by atoms with van der Waals surface area (Å²) in [5.41, 5.74) is 2.39. The molecule has 0 N–H and O–H groups in total. The molecule has 6 heteroatoms. The standard InChI is InChI=1S/C16H22N2O4/c1-3-15(19)21-12-22-16(20)18-9-7-17(8-10-18)14-6-4-5-13(2)11-14/h4-6,11H,3,7-10,12H2,1-2H3. The van der Waals surface area contributed by atoms with Crippen molar-refractivity contribution in [2.45, 2.75) is 20.3 Å². The number of hydrogen-bond donors (Lipinski definition) is 0. The molecule has 1 aliphatic rings. The van der Waals surface area contributed by atoms with Crippen LogP contribution in [0.4, 0.5) is 10.5 Å². The average Bonchev–Trinajstić information content (AvgIpc) is 2.54. The van der Waals surface area contributed by atoms with Crippen molar-refractivity contribution in [2.75, 3.05) is 37.9 Å². The summed E-state index contributed by atoms with van der Waals surface area (Å²) in [6.45, 7) is 6.14. The highest BCUT2D eigenvalue weighted by Crippen LogP contribution is 2.18. The first kappa shape index (κ1) is 16.1. The molecule has 0 unspecified atom stereocenters. The van der Waals surface area contributed by atoms with Crippen molar-refractivity contribution in [2.24, 2.45) is 0 Å². The van der Waals surface area contributed by atoms with Gasteiger partial charge in [0.15, 0.2) is 0 Å². The summed E-state index contributed by atoms with van der Waals surface area (Å²) in [6.07, 6.45) is -0.167. The molecule has 0 saturated carbocycles. The number of carbonyl (C=O) groups excluding carboxylic acids is 2. The van der Waals surface area contributed by atoms with Gasteiger partial charge < -0.3 is 19.3 Å². The fraction of sp³-hybridized carbons (Fsp3) is 0.500. The van der Waals surface area contributed by atoms with Crippen LogP contribution in [-0.4, -0.2) is 49.9 Å². The molecule has 6 nitrogen and oxygen atoms in total. The lowest BCUT2D eigenvalue weighted by Gasteiger charge is -2.35. The van der Waals surface area contributed by atoms with E-state index in [0.717, 1.165) is 13.1 Å². The molecular weight excluding hydrogens is 284 g/mol. The Hall–Kier alpha value is -2.24. The summed E-state index contributed by atoms with van der Waals surface area (Å²) < 4.78 is 9.68. The van der Waals surface area contributed by atoms with Crippen molar-refractivity contribution >= 4 is 17.7 Å². The zero-order chi connectivity index (χ0) is 15.9. The van der Waals surface area contributed by atoms with Crippen LogP contribution in [0.5, 0.6) is 0 Å². The normalized spacial score (nSPS) is 14.6. The maximum absolute atomic E-state index is 11.9. The van der Waals surface area contributed by atoms with Gasteiger partial charge in [0.2, 0.25) is 6.79 Å². The highest BCUT2D eigenvalue weighted by atomic mass is 16.7. The lowest BCUT2D eigenvalue weighted by Crippen LogP contribution is -2.49. The first-order valence-corrected chi connectivity index (χ1v) is 7.49. The van der Waals surface area contributed by atoms with Crippen molar-refractivity contribution < 1.29 is 19.1 Å². The Labute approximate surface area is 130 Å². The predicted molar refractivity (Wildman–Crippen MR) is 82.7 cm³/mol. The van der Waals surface area contributed by atoms with Gasteiger partial charge in [-0.1, -0.05) is 19.1 Å². The SMILES string of the molecule is CCC(=O)OCOC(=O)N1CCN(c2cccc(C)c2)CC1. The minimum atomic E-state index is -0.437. The van der Waals surface area contributed by atoms with E-state index < -0.39 is 6.09 Å². The molecule has 1 aromatic carbocycles. The van der Waals surface area contributed by atoms with Gasteiger partial charge >= 0.3 is 12.1 Å². The Balaban J connectivity index is 1.77. The Morgan fingerprint density at radius 1 is 1.14 bits per heavy atom. The number of esters is 1. The number of carbonyl (C=O) groups is 2. The van der Waals surface area contributed by atoms with Crippen molar-refractivity contribution in [1.82, 2.24) is 4.90 Å². The number of ether oxygens (including phenoxy) is 2. The molecule has 1 aliphatic heterocycles. The summed E-state index contributed by atoms with van der Waals surface area (Å²) in [6, 6.07) is 8.31. The zero-order valence-electron chi connectivity index (χ0n) is 13.1. The van der Waals surface area contributed by atoms with Crippen LogP contribution < -0.4 is 4.90 Å². The Morgan fingerprint density at radius 2 is 1.86 bits per heavy atom. The smallest absolute Gasteiger partial charge is 0.412 e. The number of amides is 1. The molecular formula is C16H22N2O4. The van der Waals surface area contributed by atoms with Crippen LogP contribution >= 0.6 is 0 Å². The molecule has 0 bridgehead atoms. The van der Waals surface area contributed by atoms with Crippen molar-refractivity contribution in [3.8, 4) is 0 Å².